The molecule has 0 saturated carbocycles. The quantitative estimate of drug-likeness (QED) is 0.491. The van der Waals surface area contributed by atoms with E-state index in [2.05, 4.69) is 4.90 Å². The van der Waals surface area contributed by atoms with Crippen LogP contribution in [-0.4, -0.2) is 79.2 Å². The Morgan fingerprint density at radius 1 is 0.861 bits per heavy atom. The first kappa shape index (κ1) is 25.8. The molecule has 0 aliphatic carbocycles. The molecule has 2 saturated heterocycles. The maximum absolute atomic E-state index is 13.7. The third kappa shape index (κ3) is 4.87. The Bertz CT molecular complexity index is 1080. The van der Waals surface area contributed by atoms with Gasteiger partial charge in [-0.15, -0.1) is 0 Å². The molecule has 0 unspecified atom stereocenters. The van der Waals surface area contributed by atoms with E-state index in [1.807, 2.05) is 61.2 Å². The van der Waals surface area contributed by atoms with Gasteiger partial charge in [0.05, 0.1) is 21.3 Å². The van der Waals surface area contributed by atoms with E-state index >= 15 is 0 Å². The van der Waals surface area contributed by atoms with Crippen LogP contribution in [0.5, 0.6) is 17.2 Å². The Kier molecular flexibility index (Phi) is 7.73. The number of urea groups is 1. The van der Waals surface area contributed by atoms with E-state index in [1.54, 1.807) is 21.3 Å². The Balaban J connectivity index is 1.48. The molecular formula is C28H37N3O5. The van der Waals surface area contributed by atoms with Crippen LogP contribution in [0, 0.1) is 0 Å². The van der Waals surface area contributed by atoms with Crippen molar-refractivity contribution >= 4 is 11.9 Å². The second kappa shape index (κ2) is 10.8. The highest BCUT2D eigenvalue weighted by Crippen LogP contribution is 2.39. The van der Waals surface area contributed by atoms with Crippen molar-refractivity contribution in [1.29, 1.82) is 0 Å². The molecule has 194 valence electrons. The minimum absolute atomic E-state index is 0.0528. The fourth-order valence-electron chi connectivity index (χ4n) is 5.34. The number of rotatable bonds is 9. The van der Waals surface area contributed by atoms with Crippen LogP contribution < -0.4 is 14.2 Å². The fraction of sp³-hybridized carbons (Fsp3) is 0.500. The van der Waals surface area contributed by atoms with Crippen LogP contribution in [-0.2, 0) is 17.8 Å². The van der Waals surface area contributed by atoms with Crippen LogP contribution >= 0.6 is 0 Å². The molecule has 2 aliphatic rings. The summed E-state index contributed by atoms with van der Waals surface area (Å²) >= 11 is 0. The van der Waals surface area contributed by atoms with Crippen molar-refractivity contribution in [2.45, 2.75) is 51.2 Å². The summed E-state index contributed by atoms with van der Waals surface area (Å²) in [6.45, 7) is 6.54. The molecule has 3 amide bonds. The van der Waals surface area contributed by atoms with E-state index in [0.717, 1.165) is 36.5 Å². The maximum atomic E-state index is 13.7. The second-order valence-electron chi connectivity index (χ2n) is 9.80. The highest BCUT2D eigenvalue weighted by Gasteiger charge is 2.58. The van der Waals surface area contributed by atoms with E-state index in [-0.39, 0.29) is 18.0 Å². The lowest BCUT2D eigenvalue weighted by Gasteiger charge is -2.42. The molecule has 0 N–H and O–H groups in total. The van der Waals surface area contributed by atoms with E-state index < -0.39 is 5.54 Å². The minimum atomic E-state index is -0.776. The third-order valence-corrected chi connectivity index (χ3v) is 7.41. The summed E-state index contributed by atoms with van der Waals surface area (Å²) in [5.74, 6) is 2.16. The Morgan fingerprint density at radius 3 is 2.08 bits per heavy atom. The summed E-state index contributed by atoms with van der Waals surface area (Å²) in [5.41, 5.74) is 1.46. The molecule has 8 heteroatoms. The normalized spacial score (nSPS) is 17.8. The first-order chi connectivity index (χ1) is 17.3. The van der Waals surface area contributed by atoms with E-state index in [9.17, 15) is 9.59 Å². The van der Waals surface area contributed by atoms with Gasteiger partial charge in [0.1, 0.15) is 11.3 Å². The Hall–Kier alpha value is -3.26. The van der Waals surface area contributed by atoms with Gasteiger partial charge < -0.3 is 19.1 Å². The number of imide groups is 1. The van der Waals surface area contributed by atoms with Gasteiger partial charge in [-0.2, -0.15) is 0 Å². The van der Waals surface area contributed by atoms with Crippen LogP contribution in [0.15, 0.2) is 42.5 Å². The highest BCUT2D eigenvalue weighted by molar-refractivity contribution is 6.07. The fourth-order valence-corrected chi connectivity index (χ4v) is 5.34. The van der Waals surface area contributed by atoms with Gasteiger partial charge in [-0.25, -0.2) is 4.79 Å². The first-order valence-electron chi connectivity index (χ1n) is 12.5. The molecular weight excluding hydrogens is 458 g/mol. The number of likely N-dealkylation sites (tertiary alicyclic amines) is 1. The lowest BCUT2D eigenvalue weighted by Crippen LogP contribution is -2.56. The van der Waals surface area contributed by atoms with Gasteiger partial charge in [-0.3, -0.25) is 14.6 Å². The standard InChI is InChI=1S/C28H37N3O5/c1-20(2)31-26(32)28(30(27(31)33)15-12-21-6-9-23(34-3)10-7-21)13-16-29(17-14-28)19-22-8-11-24(35-4)25(18-22)36-5/h6-11,18,20H,12-17,19H2,1-5H3. The number of piperidine rings is 1. The molecule has 0 radical (unpaired) electrons. The van der Waals surface area contributed by atoms with Crippen molar-refractivity contribution in [3.05, 3.63) is 53.6 Å². The summed E-state index contributed by atoms with van der Waals surface area (Å²) < 4.78 is 16.0. The molecule has 0 atom stereocenters. The molecule has 1 spiro atoms. The number of ether oxygens (including phenoxy) is 3. The zero-order chi connectivity index (χ0) is 25.9. The molecule has 2 aromatic carbocycles. The van der Waals surface area contributed by atoms with Gasteiger partial charge in [0.2, 0.25) is 0 Å². The van der Waals surface area contributed by atoms with Gasteiger partial charge in [0.15, 0.2) is 11.5 Å². The van der Waals surface area contributed by atoms with Crippen molar-refractivity contribution in [2.24, 2.45) is 0 Å². The van der Waals surface area contributed by atoms with Gasteiger partial charge >= 0.3 is 6.03 Å². The van der Waals surface area contributed by atoms with Crippen LogP contribution in [0.3, 0.4) is 0 Å². The number of carbonyl (C=O) groups excluding carboxylic acids is 2. The smallest absolute Gasteiger partial charge is 0.327 e. The van der Waals surface area contributed by atoms with Gasteiger partial charge in [0, 0.05) is 32.2 Å². The number of nitrogens with zero attached hydrogens (tertiary/aromatic N) is 3. The lowest BCUT2D eigenvalue weighted by atomic mass is 9.85. The number of methoxy groups -OCH3 is 3. The maximum Gasteiger partial charge on any atom is 0.327 e. The molecule has 2 heterocycles. The minimum Gasteiger partial charge on any atom is -0.497 e. The number of hydrogen-bond donors (Lipinski definition) is 0. The number of carbonyl (C=O) groups is 2. The van der Waals surface area contributed by atoms with Gasteiger partial charge in [-0.05, 0) is 68.5 Å². The second-order valence-corrected chi connectivity index (χ2v) is 9.80. The van der Waals surface area contributed by atoms with Crippen LogP contribution in [0.4, 0.5) is 4.79 Å². The molecule has 4 rings (SSSR count). The summed E-state index contributed by atoms with van der Waals surface area (Å²) in [7, 11) is 4.91. The van der Waals surface area contributed by atoms with Crippen molar-refractivity contribution < 1.29 is 23.8 Å². The molecule has 0 bridgehead atoms. The summed E-state index contributed by atoms with van der Waals surface area (Å²) in [6, 6.07) is 13.5. The molecule has 2 aliphatic heterocycles. The van der Waals surface area contributed by atoms with E-state index in [0.29, 0.717) is 37.3 Å². The summed E-state index contributed by atoms with van der Waals surface area (Å²) in [5, 5.41) is 0. The van der Waals surface area contributed by atoms with Crippen LogP contribution in [0.1, 0.15) is 37.8 Å². The molecule has 2 aromatic rings. The lowest BCUT2D eigenvalue weighted by molar-refractivity contribution is -0.136. The Morgan fingerprint density at radius 2 is 1.50 bits per heavy atom. The largest absolute Gasteiger partial charge is 0.497 e. The molecule has 2 fully saturated rings. The third-order valence-electron chi connectivity index (χ3n) is 7.41. The molecule has 36 heavy (non-hydrogen) atoms. The van der Waals surface area contributed by atoms with Crippen molar-refractivity contribution in [2.75, 3.05) is 41.0 Å². The predicted molar refractivity (Wildman–Crippen MR) is 138 cm³/mol. The highest BCUT2D eigenvalue weighted by atomic mass is 16.5. The van der Waals surface area contributed by atoms with Gasteiger partial charge in [0.25, 0.3) is 5.91 Å². The average Bonchev–Trinajstić information content (AvgIpc) is 3.09. The topological polar surface area (TPSA) is 71.6 Å². The number of amides is 3. The number of benzene rings is 2. The first-order valence-corrected chi connectivity index (χ1v) is 12.5. The summed E-state index contributed by atoms with van der Waals surface area (Å²) in [6.07, 6.45) is 1.93. The van der Waals surface area contributed by atoms with Crippen LogP contribution in [0.2, 0.25) is 0 Å². The van der Waals surface area contributed by atoms with Crippen molar-refractivity contribution in [3.8, 4) is 17.2 Å². The molecule has 8 nitrogen and oxygen atoms in total. The molecule has 0 aromatic heterocycles. The van der Waals surface area contributed by atoms with E-state index in [4.69, 9.17) is 14.2 Å². The van der Waals surface area contributed by atoms with Gasteiger partial charge in [-0.1, -0.05) is 18.2 Å². The Labute approximate surface area is 213 Å². The van der Waals surface area contributed by atoms with Crippen molar-refractivity contribution in [1.82, 2.24) is 14.7 Å². The number of hydrogen-bond acceptors (Lipinski definition) is 6. The zero-order valence-electron chi connectivity index (χ0n) is 22.0. The SMILES string of the molecule is COc1ccc(CCN2C(=O)N(C(C)C)C(=O)C23CCN(Cc2ccc(OC)c(OC)c2)CC3)cc1. The monoisotopic (exact) mass is 495 g/mol. The average molecular weight is 496 g/mol. The van der Waals surface area contributed by atoms with Crippen LogP contribution in [0.25, 0.3) is 0 Å². The van der Waals surface area contributed by atoms with Crippen molar-refractivity contribution in [3.63, 3.8) is 0 Å². The van der Waals surface area contributed by atoms with E-state index in [1.165, 1.54) is 4.90 Å². The summed E-state index contributed by atoms with van der Waals surface area (Å²) in [4.78, 5) is 32.7. The predicted octanol–water partition coefficient (Wildman–Crippen LogP) is 3.96. The zero-order valence-corrected chi connectivity index (χ0v) is 22.0.